The van der Waals surface area contributed by atoms with Gasteiger partial charge in [0.25, 0.3) is 0 Å². The molecule has 0 amide bonds. The largest absolute Gasteiger partial charge is 0.397 e. The molecule has 0 fully saturated rings. The Morgan fingerprint density at radius 1 is 1.53 bits per heavy atom. The Bertz CT molecular complexity index is 542. The number of hydrogen-bond acceptors (Lipinski definition) is 4. The minimum atomic E-state index is -0.261. The summed E-state index contributed by atoms with van der Waals surface area (Å²) in [4.78, 5) is 5.28. The first kappa shape index (κ1) is 12.6. The standard InChI is InChI=1S/C11H11FIN3S/c1-6-11(17-5-16-6)4-15-10-2-7(12)8(13)3-9(10)14/h2-3,5,15H,4,14H2,1H3. The van der Waals surface area contributed by atoms with Gasteiger partial charge in [-0.3, -0.25) is 0 Å². The van der Waals surface area contributed by atoms with Crippen LogP contribution in [0.1, 0.15) is 10.6 Å². The average molecular weight is 363 g/mol. The molecular weight excluding hydrogens is 352 g/mol. The number of thiazole rings is 1. The normalized spacial score (nSPS) is 10.5. The van der Waals surface area contributed by atoms with Crippen LogP contribution in [0.25, 0.3) is 0 Å². The maximum absolute atomic E-state index is 13.4. The molecule has 2 aromatic rings. The number of benzene rings is 1. The molecular formula is C11H11FIN3S. The molecule has 0 spiro atoms. The van der Waals surface area contributed by atoms with E-state index in [1.807, 2.05) is 29.5 Å². The number of aryl methyl sites for hydroxylation is 1. The Morgan fingerprint density at radius 2 is 2.29 bits per heavy atom. The van der Waals surface area contributed by atoms with Gasteiger partial charge in [-0.25, -0.2) is 9.37 Å². The van der Waals surface area contributed by atoms with Crippen LogP contribution in [-0.2, 0) is 6.54 Å². The van der Waals surface area contributed by atoms with Gasteiger partial charge in [-0.2, -0.15) is 0 Å². The summed E-state index contributed by atoms with van der Waals surface area (Å²) >= 11 is 3.49. The summed E-state index contributed by atoms with van der Waals surface area (Å²) in [5.41, 5.74) is 9.78. The number of nitrogens with one attached hydrogen (secondary N) is 1. The predicted octanol–water partition coefficient (Wildman–Crippen LogP) is 3.39. The molecule has 0 saturated heterocycles. The van der Waals surface area contributed by atoms with Crippen LogP contribution in [0.4, 0.5) is 15.8 Å². The van der Waals surface area contributed by atoms with Crippen molar-refractivity contribution >= 4 is 45.3 Å². The van der Waals surface area contributed by atoms with Gasteiger partial charge in [-0.15, -0.1) is 11.3 Å². The molecule has 0 aliphatic carbocycles. The molecule has 2 rings (SSSR count). The second-order valence-electron chi connectivity index (χ2n) is 3.57. The number of hydrogen-bond donors (Lipinski definition) is 2. The van der Waals surface area contributed by atoms with Gasteiger partial charge < -0.3 is 11.1 Å². The topological polar surface area (TPSA) is 50.9 Å². The van der Waals surface area contributed by atoms with E-state index in [0.29, 0.717) is 21.5 Å². The Balaban J connectivity index is 2.14. The zero-order valence-corrected chi connectivity index (χ0v) is 12.1. The summed E-state index contributed by atoms with van der Waals surface area (Å²) in [5.74, 6) is -0.261. The molecule has 0 unspecified atom stereocenters. The zero-order chi connectivity index (χ0) is 12.4. The van der Waals surface area contributed by atoms with Crippen LogP contribution in [0.15, 0.2) is 17.6 Å². The maximum Gasteiger partial charge on any atom is 0.138 e. The lowest BCUT2D eigenvalue weighted by Crippen LogP contribution is -2.03. The minimum absolute atomic E-state index is 0.261. The molecule has 1 aromatic heterocycles. The van der Waals surface area contributed by atoms with Crippen LogP contribution in [0.2, 0.25) is 0 Å². The molecule has 3 nitrogen and oxygen atoms in total. The van der Waals surface area contributed by atoms with E-state index in [9.17, 15) is 4.39 Å². The third-order valence-electron chi connectivity index (χ3n) is 2.38. The van der Waals surface area contributed by atoms with Crippen molar-refractivity contribution in [3.05, 3.63) is 37.6 Å². The van der Waals surface area contributed by atoms with E-state index in [1.165, 1.54) is 6.07 Å². The molecule has 0 saturated carbocycles. The second kappa shape index (κ2) is 5.18. The molecule has 1 heterocycles. The third kappa shape index (κ3) is 2.86. The highest BCUT2D eigenvalue weighted by Gasteiger charge is 2.07. The number of rotatable bonds is 3. The van der Waals surface area contributed by atoms with Crippen molar-refractivity contribution in [2.45, 2.75) is 13.5 Å². The first-order chi connectivity index (χ1) is 8.08. The molecule has 17 heavy (non-hydrogen) atoms. The van der Waals surface area contributed by atoms with E-state index >= 15 is 0 Å². The summed E-state index contributed by atoms with van der Waals surface area (Å²) in [7, 11) is 0. The molecule has 6 heteroatoms. The van der Waals surface area contributed by atoms with Crippen LogP contribution in [0, 0.1) is 16.3 Å². The highest BCUT2D eigenvalue weighted by molar-refractivity contribution is 14.1. The molecule has 1 aromatic carbocycles. The maximum atomic E-state index is 13.4. The van der Waals surface area contributed by atoms with Gasteiger partial charge in [0, 0.05) is 10.9 Å². The van der Waals surface area contributed by atoms with Crippen molar-refractivity contribution in [2.24, 2.45) is 0 Å². The molecule has 0 aliphatic heterocycles. The second-order valence-corrected chi connectivity index (χ2v) is 5.67. The van der Waals surface area contributed by atoms with Crippen LogP contribution < -0.4 is 11.1 Å². The summed E-state index contributed by atoms with van der Waals surface area (Å²) in [6.45, 7) is 2.56. The lowest BCUT2D eigenvalue weighted by Gasteiger charge is -2.09. The van der Waals surface area contributed by atoms with Crippen LogP contribution in [0.3, 0.4) is 0 Å². The summed E-state index contributed by atoms with van der Waals surface area (Å²) in [6.07, 6.45) is 0. The lowest BCUT2D eigenvalue weighted by molar-refractivity contribution is 0.621. The van der Waals surface area contributed by atoms with E-state index in [4.69, 9.17) is 5.73 Å². The van der Waals surface area contributed by atoms with Gasteiger partial charge in [0.2, 0.25) is 0 Å². The van der Waals surface area contributed by atoms with E-state index in [-0.39, 0.29) is 5.82 Å². The van der Waals surface area contributed by atoms with Gasteiger partial charge in [0.1, 0.15) is 5.82 Å². The zero-order valence-electron chi connectivity index (χ0n) is 9.13. The van der Waals surface area contributed by atoms with E-state index in [1.54, 1.807) is 22.9 Å². The Kier molecular flexibility index (Phi) is 3.82. The fourth-order valence-electron chi connectivity index (χ4n) is 1.39. The number of anilines is 2. The fourth-order valence-corrected chi connectivity index (χ4v) is 2.59. The highest BCUT2D eigenvalue weighted by Crippen LogP contribution is 2.25. The predicted molar refractivity (Wildman–Crippen MR) is 77.7 cm³/mol. The number of nitrogens with zero attached hydrogens (tertiary/aromatic N) is 1. The Labute approximate surface area is 116 Å². The SMILES string of the molecule is Cc1ncsc1CNc1cc(F)c(I)cc1N. The van der Waals surface area contributed by atoms with Crippen molar-refractivity contribution < 1.29 is 4.39 Å². The van der Waals surface area contributed by atoms with Crippen molar-refractivity contribution in [1.29, 1.82) is 0 Å². The number of nitrogen functional groups attached to an aromatic ring is 1. The lowest BCUT2D eigenvalue weighted by atomic mass is 10.2. The molecule has 0 aliphatic rings. The monoisotopic (exact) mass is 363 g/mol. The van der Waals surface area contributed by atoms with E-state index in [2.05, 4.69) is 10.3 Å². The van der Waals surface area contributed by atoms with Crippen molar-refractivity contribution in [2.75, 3.05) is 11.1 Å². The van der Waals surface area contributed by atoms with Gasteiger partial charge in [0.05, 0.1) is 32.7 Å². The minimum Gasteiger partial charge on any atom is -0.397 e. The third-order valence-corrected chi connectivity index (χ3v) is 4.14. The smallest absolute Gasteiger partial charge is 0.138 e. The summed E-state index contributed by atoms with van der Waals surface area (Å²) in [5, 5.41) is 3.13. The number of nitrogens with two attached hydrogens (primary N) is 1. The molecule has 90 valence electrons. The Morgan fingerprint density at radius 3 is 2.94 bits per heavy atom. The van der Waals surface area contributed by atoms with Crippen molar-refractivity contribution in [3.8, 4) is 0 Å². The van der Waals surface area contributed by atoms with Gasteiger partial charge in [-0.05, 0) is 35.6 Å². The van der Waals surface area contributed by atoms with Gasteiger partial charge in [-0.1, -0.05) is 0 Å². The van der Waals surface area contributed by atoms with Gasteiger partial charge in [0.15, 0.2) is 0 Å². The van der Waals surface area contributed by atoms with Crippen molar-refractivity contribution in [3.63, 3.8) is 0 Å². The van der Waals surface area contributed by atoms with Crippen LogP contribution >= 0.6 is 33.9 Å². The Hall–Kier alpha value is -0.890. The van der Waals surface area contributed by atoms with Crippen LogP contribution in [0.5, 0.6) is 0 Å². The summed E-state index contributed by atoms with van der Waals surface area (Å²) < 4.78 is 13.9. The summed E-state index contributed by atoms with van der Waals surface area (Å²) in [6, 6.07) is 3.05. The molecule has 3 N–H and O–H groups in total. The highest BCUT2D eigenvalue weighted by atomic mass is 127. The van der Waals surface area contributed by atoms with Crippen LogP contribution in [-0.4, -0.2) is 4.98 Å². The number of aromatic nitrogens is 1. The van der Waals surface area contributed by atoms with Crippen molar-refractivity contribution in [1.82, 2.24) is 4.98 Å². The van der Waals surface area contributed by atoms with E-state index in [0.717, 1.165) is 10.6 Å². The molecule has 0 radical (unpaired) electrons. The quantitative estimate of drug-likeness (QED) is 0.649. The first-order valence-corrected chi connectivity index (χ1v) is 6.91. The first-order valence-electron chi connectivity index (χ1n) is 4.95. The fraction of sp³-hybridized carbons (Fsp3) is 0.182. The molecule has 0 bridgehead atoms. The van der Waals surface area contributed by atoms with Gasteiger partial charge >= 0.3 is 0 Å². The number of halogens is 2. The molecule has 0 atom stereocenters. The average Bonchev–Trinajstić information content (AvgIpc) is 2.68. The van der Waals surface area contributed by atoms with E-state index < -0.39 is 0 Å².